The van der Waals surface area contributed by atoms with Crippen molar-refractivity contribution in [1.82, 2.24) is 20.1 Å². The highest BCUT2D eigenvalue weighted by atomic mass is 32.1. The molecule has 3 aromatic rings. The number of halogens is 1. The molecule has 0 bridgehead atoms. The van der Waals surface area contributed by atoms with Crippen LogP contribution in [-0.4, -0.2) is 59.3 Å². The van der Waals surface area contributed by atoms with E-state index in [1.54, 1.807) is 16.2 Å². The Bertz CT molecular complexity index is 997. The molecule has 1 N–H and O–H groups in total. The Kier molecular flexibility index (Phi) is 5.82. The highest BCUT2D eigenvalue weighted by Crippen LogP contribution is 2.23. The van der Waals surface area contributed by atoms with Crippen molar-refractivity contribution < 1.29 is 14.0 Å². The standard InChI is InChI=1S/C21H21FN4O2S/c22-16-5-3-4-15(12-16)21(28)23-13-20(27)26-10-8-25(9-11-26)14-19-24-17-6-1-2-7-18(17)29-19/h1-7,12H,8-11,13-14H2,(H,23,28). The first-order valence-electron chi connectivity index (χ1n) is 9.47. The van der Waals surface area contributed by atoms with Crippen molar-refractivity contribution in [2.45, 2.75) is 6.54 Å². The zero-order valence-electron chi connectivity index (χ0n) is 15.8. The van der Waals surface area contributed by atoms with Crippen LogP contribution in [0.1, 0.15) is 15.4 Å². The lowest BCUT2D eigenvalue weighted by atomic mass is 10.2. The highest BCUT2D eigenvalue weighted by Gasteiger charge is 2.22. The number of aromatic nitrogens is 1. The monoisotopic (exact) mass is 412 g/mol. The lowest BCUT2D eigenvalue weighted by Crippen LogP contribution is -2.50. The molecular weight excluding hydrogens is 391 g/mol. The van der Waals surface area contributed by atoms with Gasteiger partial charge in [-0.25, -0.2) is 9.37 Å². The quantitative estimate of drug-likeness (QED) is 0.699. The summed E-state index contributed by atoms with van der Waals surface area (Å²) in [6.07, 6.45) is 0. The molecule has 2 heterocycles. The van der Waals surface area contributed by atoms with E-state index in [-0.39, 0.29) is 18.0 Å². The number of para-hydroxylation sites is 1. The van der Waals surface area contributed by atoms with E-state index >= 15 is 0 Å². The predicted molar refractivity (Wildman–Crippen MR) is 110 cm³/mol. The molecule has 0 spiro atoms. The summed E-state index contributed by atoms with van der Waals surface area (Å²) in [5.41, 5.74) is 1.23. The maximum absolute atomic E-state index is 13.2. The molecule has 8 heteroatoms. The Balaban J connectivity index is 1.24. The van der Waals surface area contributed by atoms with E-state index in [4.69, 9.17) is 0 Å². The van der Waals surface area contributed by atoms with Crippen LogP contribution >= 0.6 is 11.3 Å². The summed E-state index contributed by atoms with van der Waals surface area (Å²) in [5, 5.41) is 3.65. The van der Waals surface area contributed by atoms with Gasteiger partial charge in [0.15, 0.2) is 0 Å². The fourth-order valence-electron chi connectivity index (χ4n) is 3.33. The summed E-state index contributed by atoms with van der Waals surface area (Å²) < 4.78 is 14.4. The minimum Gasteiger partial charge on any atom is -0.343 e. The first-order valence-corrected chi connectivity index (χ1v) is 10.3. The number of carbonyl (C=O) groups excluding carboxylic acids is 2. The lowest BCUT2D eigenvalue weighted by Gasteiger charge is -2.34. The molecule has 1 fully saturated rings. The summed E-state index contributed by atoms with van der Waals surface area (Å²) in [6.45, 7) is 3.43. The number of fused-ring (bicyclic) bond motifs is 1. The van der Waals surface area contributed by atoms with Crippen LogP contribution in [0, 0.1) is 5.82 Å². The van der Waals surface area contributed by atoms with Gasteiger partial charge in [0.25, 0.3) is 5.91 Å². The van der Waals surface area contributed by atoms with Gasteiger partial charge in [0.05, 0.1) is 23.3 Å². The molecule has 1 saturated heterocycles. The molecule has 1 aliphatic heterocycles. The number of hydrogen-bond acceptors (Lipinski definition) is 5. The van der Waals surface area contributed by atoms with E-state index in [0.717, 1.165) is 36.2 Å². The van der Waals surface area contributed by atoms with Crippen LogP contribution in [-0.2, 0) is 11.3 Å². The summed E-state index contributed by atoms with van der Waals surface area (Å²) in [6, 6.07) is 13.5. The van der Waals surface area contributed by atoms with E-state index in [9.17, 15) is 14.0 Å². The summed E-state index contributed by atoms with van der Waals surface area (Å²) in [5.74, 6) is -1.06. The van der Waals surface area contributed by atoms with Gasteiger partial charge in [-0.1, -0.05) is 18.2 Å². The van der Waals surface area contributed by atoms with Gasteiger partial charge >= 0.3 is 0 Å². The van der Waals surface area contributed by atoms with Crippen molar-refractivity contribution in [2.75, 3.05) is 32.7 Å². The SMILES string of the molecule is O=C(NCC(=O)N1CCN(Cc2nc3ccccc3s2)CC1)c1cccc(F)c1. The number of rotatable bonds is 5. The zero-order chi connectivity index (χ0) is 20.2. The summed E-state index contributed by atoms with van der Waals surface area (Å²) in [7, 11) is 0. The molecule has 4 rings (SSSR count). The number of hydrogen-bond donors (Lipinski definition) is 1. The Morgan fingerprint density at radius 3 is 2.62 bits per heavy atom. The van der Waals surface area contributed by atoms with Crippen molar-refractivity contribution >= 4 is 33.4 Å². The van der Waals surface area contributed by atoms with Crippen molar-refractivity contribution in [3.8, 4) is 0 Å². The molecule has 150 valence electrons. The van der Waals surface area contributed by atoms with Gasteiger partial charge in [-0.3, -0.25) is 14.5 Å². The maximum Gasteiger partial charge on any atom is 0.251 e. The molecule has 2 aromatic carbocycles. The molecule has 2 amide bonds. The molecule has 1 aliphatic rings. The number of piperazine rings is 1. The number of nitrogens with zero attached hydrogens (tertiary/aromatic N) is 3. The average molecular weight is 412 g/mol. The minimum atomic E-state index is -0.478. The maximum atomic E-state index is 13.2. The molecule has 0 atom stereocenters. The first-order chi connectivity index (χ1) is 14.1. The topological polar surface area (TPSA) is 65.5 Å². The van der Waals surface area contributed by atoms with Gasteiger partial charge in [-0.2, -0.15) is 0 Å². The normalized spacial score (nSPS) is 14.9. The minimum absolute atomic E-state index is 0.0901. The van der Waals surface area contributed by atoms with Crippen LogP contribution in [0.25, 0.3) is 10.2 Å². The van der Waals surface area contributed by atoms with E-state index < -0.39 is 11.7 Å². The summed E-state index contributed by atoms with van der Waals surface area (Å²) >= 11 is 1.70. The van der Waals surface area contributed by atoms with Crippen LogP contribution in [0.15, 0.2) is 48.5 Å². The number of nitrogens with one attached hydrogen (secondary N) is 1. The average Bonchev–Trinajstić information content (AvgIpc) is 3.14. The fraction of sp³-hybridized carbons (Fsp3) is 0.286. The van der Waals surface area contributed by atoms with Crippen molar-refractivity contribution in [3.63, 3.8) is 0 Å². The number of carbonyl (C=O) groups is 2. The van der Waals surface area contributed by atoms with E-state index in [2.05, 4.69) is 21.3 Å². The van der Waals surface area contributed by atoms with Crippen LogP contribution in [0.2, 0.25) is 0 Å². The third kappa shape index (κ3) is 4.78. The van der Waals surface area contributed by atoms with E-state index in [1.165, 1.54) is 22.9 Å². The van der Waals surface area contributed by atoms with Gasteiger partial charge in [-0.15, -0.1) is 11.3 Å². The Labute approximate surface area is 172 Å². The van der Waals surface area contributed by atoms with Crippen LogP contribution in [0.3, 0.4) is 0 Å². The second-order valence-corrected chi connectivity index (χ2v) is 8.04. The smallest absolute Gasteiger partial charge is 0.251 e. The van der Waals surface area contributed by atoms with Gasteiger partial charge in [0.2, 0.25) is 5.91 Å². The van der Waals surface area contributed by atoms with Crippen molar-refractivity contribution in [1.29, 1.82) is 0 Å². The molecule has 0 unspecified atom stereocenters. The number of amides is 2. The van der Waals surface area contributed by atoms with Gasteiger partial charge in [0, 0.05) is 31.7 Å². The molecule has 0 saturated carbocycles. The first kappa shape index (κ1) is 19.5. The highest BCUT2D eigenvalue weighted by molar-refractivity contribution is 7.18. The fourth-order valence-corrected chi connectivity index (χ4v) is 4.34. The van der Waals surface area contributed by atoms with Gasteiger partial charge in [-0.05, 0) is 30.3 Å². The molecule has 29 heavy (non-hydrogen) atoms. The van der Waals surface area contributed by atoms with Crippen LogP contribution in [0.4, 0.5) is 4.39 Å². The van der Waals surface area contributed by atoms with Crippen molar-refractivity contribution in [2.24, 2.45) is 0 Å². The lowest BCUT2D eigenvalue weighted by molar-refractivity contribution is -0.131. The molecule has 0 radical (unpaired) electrons. The van der Waals surface area contributed by atoms with Crippen LogP contribution < -0.4 is 5.32 Å². The molecule has 6 nitrogen and oxygen atoms in total. The van der Waals surface area contributed by atoms with Gasteiger partial charge < -0.3 is 10.2 Å². The number of benzene rings is 2. The predicted octanol–water partition coefficient (Wildman–Crippen LogP) is 2.51. The Hall–Kier alpha value is -2.84. The van der Waals surface area contributed by atoms with Gasteiger partial charge in [0.1, 0.15) is 10.8 Å². The van der Waals surface area contributed by atoms with E-state index in [1.807, 2.05) is 18.2 Å². The summed E-state index contributed by atoms with van der Waals surface area (Å²) in [4.78, 5) is 33.1. The number of thiazole rings is 1. The molecule has 1 aromatic heterocycles. The third-order valence-corrected chi connectivity index (χ3v) is 5.93. The second-order valence-electron chi connectivity index (χ2n) is 6.93. The molecular formula is C21H21FN4O2S. The Morgan fingerprint density at radius 1 is 1.07 bits per heavy atom. The largest absolute Gasteiger partial charge is 0.343 e. The molecule has 0 aliphatic carbocycles. The van der Waals surface area contributed by atoms with E-state index in [0.29, 0.717) is 13.1 Å². The second kappa shape index (κ2) is 8.67. The van der Waals surface area contributed by atoms with Crippen molar-refractivity contribution in [3.05, 3.63) is 64.9 Å². The zero-order valence-corrected chi connectivity index (χ0v) is 16.6. The third-order valence-electron chi connectivity index (χ3n) is 4.91. The Morgan fingerprint density at radius 2 is 1.86 bits per heavy atom. The van der Waals surface area contributed by atoms with Crippen LogP contribution in [0.5, 0.6) is 0 Å².